The van der Waals surface area contributed by atoms with Crippen molar-refractivity contribution < 1.29 is 5.11 Å². The molecule has 3 N–H and O–H groups in total. The minimum Gasteiger partial charge on any atom is -0.394 e. The molecular formula is C12H26N2O. The van der Waals surface area contributed by atoms with E-state index in [0.29, 0.717) is 0 Å². The van der Waals surface area contributed by atoms with Crippen LogP contribution in [0.15, 0.2) is 0 Å². The Hall–Kier alpha value is -0.120. The summed E-state index contributed by atoms with van der Waals surface area (Å²) in [5.74, 6) is 0. The van der Waals surface area contributed by atoms with Crippen LogP contribution in [0.1, 0.15) is 46.0 Å². The number of rotatable bonds is 6. The number of likely N-dealkylation sites (tertiary alicyclic amines) is 1. The molecule has 1 saturated heterocycles. The number of hydrogen-bond donors (Lipinski definition) is 2. The fourth-order valence-electron chi connectivity index (χ4n) is 2.33. The average Bonchev–Trinajstić information content (AvgIpc) is 2.64. The highest BCUT2D eigenvalue weighted by molar-refractivity contribution is 4.83. The molecular weight excluding hydrogens is 188 g/mol. The minimum absolute atomic E-state index is 0.110. The first kappa shape index (κ1) is 12.9. The van der Waals surface area contributed by atoms with Gasteiger partial charge in [0.05, 0.1) is 6.61 Å². The monoisotopic (exact) mass is 214 g/mol. The molecule has 90 valence electrons. The Labute approximate surface area is 93.6 Å². The fourth-order valence-corrected chi connectivity index (χ4v) is 2.33. The summed E-state index contributed by atoms with van der Waals surface area (Å²) >= 11 is 0. The second-order valence-electron chi connectivity index (χ2n) is 5.00. The van der Waals surface area contributed by atoms with Crippen molar-refractivity contribution in [1.82, 2.24) is 4.90 Å². The Balaban J connectivity index is 2.20. The zero-order chi connectivity index (χ0) is 11.3. The van der Waals surface area contributed by atoms with Crippen molar-refractivity contribution in [3.05, 3.63) is 0 Å². The van der Waals surface area contributed by atoms with Gasteiger partial charge in [-0.05, 0) is 52.1 Å². The Morgan fingerprint density at radius 1 is 1.53 bits per heavy atom. The molecule has 0 saturated carbocycles. The molecule has 3 heteroatoms. The van der Waals surface area contributed by atoms with E-state index in [1.165, 1.54) is 19.4 Å². The number of aliphatic hydroxyl groups excluding tert-OH is 1. The highest BCUT2D eigenvalue weighted by Gasteiger charge is 2.23. The lowest BCUT2D eigenvalue weighted by atomic mass is 9.92. The van der Waals surface area contributed by atoms with E-state index in [0.717, 1.165) is 31.8 Å². The molecule has 0 aromatic heterocycles. The van der Waals surface area contributed by atoms with Gasteiger partial charge in [-0.15, -0.1) is 0 Å². The van der Waals surface area contributed by atoms with Gasteiger partial charge in [0, 0.05) is 11.6 Å². The molecule has 2 unspecified atom stereocenters. The summed E-state index contributed by atoms with van der Waals surface area (Å²) in [5.41, 5.74) is 5.70. The molecule has 15 heavy (non-hydrogen) atoms. The van der Waals surface area contributed by atoms with Gasteiger partial charge in [-0.2, -0.15) is 0 Å². The van der Waals surface area contributed by atoms with Gasteiger partial charge in [0.15, 0.2) is 0 Å². The van der Waals surface area contributed by atoms with Gasteiger partial charge in [0.2, 0.25) is 0 Å². The van der Waals surface area contributed by atoms with Gasteiger partial charge in [-0.25, -0.2) is 0 Å². The van der Waals surface area contributed by atoms with Crippen molar-refractivity contribution in [2.45, 2.75) is 57.5 Å². The third-order valence-electron chi connectivity index (χ3n) is 3.83. The van der Waals surface area contributed by atoms with E-state index in [2.05, 4.69) is 18.7 Å². The fraction of sp³-hybridized carbons (Fsp3) is 1.00. The Morgan fingerprint density at radius 3 is 2.73 bits per heavy atom. The van der Waals surface area contributed by atoms with Crippen LogP contribution < -0.4 is 5.73 Å². The highest BCUT2D eigenvalue weighted by Crippen LogP contribution is 2.19. The second-order valence-corrected chi connectivity index (χ2v) is 5.00. The van der Waals surface area contributed by atoms with Crippen LogP contribution in [0, 0.1) is 0 Å². The molecule has 0 spiro atoms. The van der Waals surface area contributed by atoms with E-state index in [9.17, 15) is 5.11 Å². The summed E-state index contributed by atoms with van der Waals surface area (Å²) in [6, 6.07) is 0.743. The molecule has 2 atom stereocenters. The molecule has 1 rings (SSSR count). The number of nitrogens with two attached hydrogens (primary N) is 1. The SMILES string of the molecule is CCC(N)(CO)CCCN1CCCC1C. The normalized spacial score (nSPS) is 26.8. The lowest BCUT2D eigenvalue weighted by Crippen LogP contribution is -2.43. The van der Waals surface area contributed by atoms with Crippen LogP contribution in [0.4, 0.5) is 0 Å². The molecule has 0 aromatic rings. The minimum atomic E-state index is -0.344. The summed E-state index contributed by atoms with van der Waals surface area (Å²) in [4.78, 5) is 2.54. The van der Waals surface area contributed by atoms with Crippen molar-refractivity contribution in [3.63, 3.8) is 0 Å². The van der Waals surface area contributed by atoms with E-state index in [-0.39, 0.29) is 12.1 Å². The number of hydrogen-bond acceptors (Lipinski definition) is 3. The molecule has 0 aromatic carbocycles. The highest BCUT2D eigenvalue weighted by atomic mass is 16.3. The molecule has 1 aliphatic heterocycles. The average molecular weight is 214 g/mol. The molecule has 1 aliphatic rings. The number of nitrogens with zero attached hydrogens (tertiary/aromatic N) is 1. The van der Waals surface area contributed by atoms with E-state index < -0.39 is 0 Å². The van der Waals surface area contributed by atoms with E-state index >= 15 is 0 Å². The van der Waals surface area contributed by atoms with E-state index in [1.54, 1.807) is 0 Å². The van der Waals surface area contributed by atoms with Gasteiger partial charge in [0.25, 0.3) is 0 Å². The van der Waals surface area contributed by atoms with Gasteiger partial charge < -0.3 is 15.7 Å². The lowest BCUT2D eigenvalue weighted by Gasteiger charge is -2.27. The quantitative estimate of drug-likeness (QED) is 0.702. The van der Waals surface area contributed by atoms with Gasteiger partial charge in [0.1, 0.15) is 0 Å². The zero-order valence-corrected chi connectivity index (χ0v) is 10.2. The van der Waals surface area contributed by atoms with Crippen LogP contribution in [0.25, 0.3) is 0 Å². The second kappa shape index (κ2) is 5.83. The maximum atomic E-state index is 9.19. The summed E-state index contributed by atoms with van der Waals surface area (Å²) in [7, 11) is 0. The van der Waals surface area contributed by atoms with Crippen molar-refractivity contribution >= 4 is 0 Å². The molecule has 0 radical (unpaired) electrons. The predicted octanol–water partition coefficient (Wildman–Crippen LogP) is 1.35. The first-order chi connectivity index (χ1) is 7.11. The van der Waals surface area contributed by atoms with Gasteiger partial charge in [-0.1, -0.05) is 6.92 Å². The summed E-state index contributed by atoms with van der Waals surface area (Å²) in [6.07, 6.45) is 5.57. The number of aliphatic hydroxyl groups is 1. The van der Waals surface area contributed by atoms with Crippen LogP contribution in [0.5, 0.6) is 0 Å². The largest absolute Gasteiger partial charge is 0.394 e. The van der Waals surface area contributed by atoms with Crippen LogP contribution in [-0.2, 0) is 0 Å². The van der Waals surface area contributed by atoms with Crippen molar-refractivity contribution in [1.29, 1.82) is 0 Å². The molecule has 0 aliphatic carbocycles. The molecule has 1 fully saturated rings. The first-order valence-electron chi connectivity index (χ1n) is 6.25. The zero-order valence-electron chi connectivity index (χ0n) is 10.2. The topological polar surface area (TPSA) is 49.5 Å². The van der Waals surface area contributed by atoms with Crippen molar-refractivity contribution in [2.75, 3.05) is 19.7 Å². The standard InChI is InChI=1S/C12H26N2O/c1-3-12(13,10-15)7-5-9-14-8-4-6-11(14)2/h11,15H,3-10,13H2,1-2H3. The van der Waals surface area contributed by atoms with E-state index in [1.807, 2.05) is 0 Å². The van der Waals surface area contributed by atoms with Crippen molar-refractivity contribution in [3.8, 4) is 0 Å². The maximum Gasteiger partial charge on any atom is 0.0611 e. The van der Waals surface area contributed by atoms with Gasteiger partial charge in [-0.3, -0.25) is 0 Å². The predicted molar refractivity (Wildman–Crippen MR) is 63.8 cm³/mol. The molecule has 0 bridgehead atoms. The smallest absolute Gasteiger partial charge is 0.0611 e. The maximum absolute atomic E-state index is 9.19. The molecule has 3 nitrogen and oxygen atoms in total. The van der Waals surface area contributed by atoms with Crippen LogP contribution >= 0.6 is 0 Å². The van der Waals surface area contributed by atoms with E-state index in [4.69, 9.17) is 5.73 Å². The van der Waals surface area contributed by atoms with Crippen LogP contribution in [0.2, 0.25) is 0 Å². The summed E-state index contributed by atoms with van der Waals surface area (Å²) < 4.78 is 0. The van der Waals surface area contributed by atoms with Crippen molar-refractivity contribution in [2.24, 2.45) is 5.73 Å². The van der Waals surface area contributed by atoms with Gasteiger partial charge >= 0.3 is 0 Å². The Morgan fingerprint density at radius 2 is 2.27 bits per heavy atom. The molecule has 1 heterocycles. The van der Waals surface area contributed by atoms with Crippen LogP contribution in [0.3, 0.4) is 0 Å². The lowest BCUT2D eigenvalue weighted by molar-refractivity contribution is 0.170. The molecule has 0 amide bonds. The third-order valence-corrected chi connectivity index (χ3v) is 3.83. The first-order valence-corrected chi connectivity index (χ1v) is 6.25. The Bertz CT molecular complexity index is 180. The Kier molecular flexibility index (Phi) is 5.03. The summed E-state index contributed by atoms with van der Waals surface area (Å²) in [6.45, 7) is 6.84. The van der Waals surface area contributed by atoms with Crippen LogP contribution in [-0.4, -0.2) is 41.3 Å². The third kappa shape index (κ3) is 3.74. The summed E-state index contributed by atoms with van der Waals surface area (Å²) in [5, 5.41) is 9.19.